The molecule has 0 saturated carbocycles. The second-order valence-corrected chi connectivity index (χ2v) is 8.25. The van der Waals surface area contributed by atoms with Crippen LogP contribution in [0.5, 0.6) is 0 Å². The minimum Gasteiger partial charge on any atom is -0.454 e. The monoisotopic (exact) mass is 403 g/mol. The van der Waals surface area contributed by atoms with Crippen molar-refractivity contribution in [1.29, 1.82) is 0 Å². The molecule has 28 heavy (non-hydrogen) atoms. The van der Waals surface area contributed by atoms with E-state index >= 15 is 0 Å². The highest BCUT2D eigenvalue weighted by atomic mass is 32.2. The third-order valence-corrected chi connectivity index (χ3v) is 5.58. The van der Waals surface area contributed by atoms with Crippen LogP contribution >= 0.6 is 0 Å². The highest BCUT2D eigenvalue weighted by molar-refractivity contribution is 7.91. The number of hydrogen-bond acceptors (Lipinski definition) is 6. The van der Waals surface area contributed by atoms with Crippen LogP contribution in [0.2, 0.25) is 0 Å². The molecule has 0 radical (unpaired) electrons. The fourth-order valence-electron chi connectivity index (χ4n) is 2.43. The van der Waals surface area contributed by atoms with Gasteiger partial charge in [-0.15, -0.1) is 0 Å². The molecule has 2 rings (SSSR count). The molecule has 0 heterocycles. The number of esters is 1. The Bertz CT molecular complexity index is 952. The average molecular weight is 403 g/mol. The van der Waals surface area contributed by atoms with Crippen LogP contribution in [0, 0.1) is 0 Å². The number of carbonyl (C=O) groups is 3. The van der Waals surface area contributed by atoms with Crippen LogP contribution in [0.15, 0.2) is 59.5 Å². The van der Waals surface area contributed by atoms with Crippen LogP contribution < -0.4 is 5.32 Å². The lowest BCUT2D eigenvalue weighted by molar-refractivity contribution is -0.145. The summed E-state index contributed by atoms with van der Waals surface area (Å²) in [6.45, 7) is 2.80. The van der Waals surface area contributed by atoms with Crippen LogP contribution in [-0.2, 0) is 24.2 Å². The molecule has 148 valence electrons. The standard InChI is InChI=1S/C20H21NO6S/c1-14(20(24)16-8-10-17(11-9-16)21-15(2)22)27-19(23)12-13-28(25,26)18-6-4-3-5-7-18/h3-11,14H,12-13H2,1-2H3,(H,21,22). The van der Waals surface area contributed by atoms with Gasteiger partial charge in [-0.2, -0.15) is 0 Å². The zero-order valence-corrected chi connectivity index (χ0v) is 16.4. The Balaban J connectivity index is 1.91. The Morgan fingerprint density at radius 3 is 2.18 bits per heavy atom. The number of anilines is 1. The Hall–Kier alpha value is -3.00. The van der Waals surface area contributed by atoms with Crippen LogP contribution in [0.4, 0.5) is 5.69 Å². The van der Waals surface area contributed by atoms with E-state index in [0.717, 1.165) is 0 Å². The van der Waals surface area contributed by atoms with Crippen LogP contribution in [0.3, 0.4) is 0 Å². The number of nitrogens with one attached hydrogen (secondary N) is 1. The summed E-state index contributed by atoms with van der Waals surface area (Å²) in [5.74, 6) is -1.82. The van der Waals surface area contributed by atoms with Crippen molar-refractivity contribution in [3.8, 4) is 0 Å². The van der Waals surface area contributed by atoms with Gasteiger partial charge in [-0.3, -0.25) is 14.4 Å². The lowest BCUT2D eigenvalue weighted by Gasteiger charge is -2.13. The van der Waals surface area contributed by atoms with Gasteiger partial charge in [0.1, 0.15) is 0 Å². The first-order valence-electron chi connectivity index (χ1n) is 8.58. The van der Waals surface area contributed by atoms with E-state index in [1.807, 2.05) is 0 Å². The van der Waals surface area contributed by atoms with Crippen LogP contribution in [-0.4, -0.2) is 37.9 Å². The Labute approximate surface area is 163 Å². The fourth-order valence-corrected chi connectivity index (χ4v) is 3.67. The summed E-state index contributed by atoms with van der Waals surface area (Å²) in [6.07, 6.45) is -1.41. The largest absolute Gasteiger partial charge is 0.454 e. The SMILES string of the molecule is CC(=O)Nc1ccc(C(=O)C(C)OC(=O)CCS(=O)(=O)c2ccccc2)cc1. The summed E-state index contributed by atoms with van der Waals surface area (Å²) >= 11 is 0. The van der Waals surface area contributed by atoms with Gasteiger partial charge in [0.25, 0.3) is 0 Å². The molecule has 8 heteroatoms. The molecular formula is C20H21NO6S. The number of rotatable bonds is 8. The number of ether oxygens (including phenoxy) is 1. The fraction of sp³-hybridized carbons (Fsp3) is 0.250. The summed E-state index contributed by atoms with van der Waals surface area (Å²) in [4.78, 5) is 35.4. The molecule has 1 atom stereocenters. The first kappa shape index (κ1) is 21.3. The topological polar surface area (TPSA) is 107 Å². The van der Waals surface area contributed by atoms with Crippen molar-refractivity contribution in [3.63, 3.8) is 0 Å². The predicted octanol–water partition coefficient (Wildman–Crippen LogP) is 2.62. The zero-order valence-electron chi connectivity index (χ0n) is 15.5. The summed E-state index contributed by atoms with van der Waals surface area (Å²) in [5, 5.41) is 2.58. The van der Waals surface area contributed by atoms with Gasteiger partial charge in [0.2, 0.25) is 11.7 Å². The van der Waals surface area contributed by atoms with Gasteiger partial charge in [0, 0.05) is 18.2 Å². The number of benzene rings is 2. The van der Waals surface area contributed by atoms with E-state index in [-0.39, 0.29) is 17.2 Å². The summed E-state index contributed by atoms with van der Waals surface area (Å²) in [5.41, 5.74) is 0.853. The lowest BCUT2D eigenvalue weighted by atomic mass is 10.1. The molecule has 2 aromatic carbocycles. The van der Waals surface area contributed by atoms with Crippen molar-refractivity contribution in [2.45, 2.75) is 31.3 Å². The van der Waals surface area contributed by atoms with Crippen molar-refractivity contribution >= 4 is 33.2 Å². The van der Waals surface area contributed by atoms with Crippen LogP contribution in [0.1, 0.15) is 30.6 Å². The molecule has 0 bridgehead atoms. The molecule has 0 spiro atoms. The second kappa shape index (κ2) is 9.27. The molecule has 0 aliphatic carbocycles. The Morgan fingerprint density at radius 2 is 1.61 bits per heavy atom. The zero-order chi connectivity index (χ0) is 20.7. The Kier molecular flexibility index (Phi) is 7.06. The van der Waals surface area contributed by atoms with E-state index < -0.39 is 33.4 Å². The smallest absolute Gasteiger partial charge is 0.307 e. The highest BCUT2D eigenvalue weighted by Crippen LogP contribution is 2.14. The normalized spacial score (nSPS) is 12.1. The van der Waals surface area contributed by atoms with E-state index in [4.69, 9.17) is 4.74 Å². The second-order valence-electron chi connectivity index (χ2n) is 6.14. The first-order valence-corrected chi connectivity index (χ1v) is 10.2. The molecule has 0 saturated heterocycles. The molecule has 1 N–H and O–H groups in total. The van der Waals surface area contributed by atoms with E-state index in [1.54, 1.807) is 30.3 Å². The number of carbonyl (C=O) groups excluding carboxylic acids is 3. The molecule has 1 unspecified atom stereocenters. The van der Waals surface area contributed by atoms with Gasteiger partial charge < -0.3 is 10.1 Å². The summed E-state index contributed by atoms with van der Waals surface area (Å²) in [7, 11) is -3.60. The maximum Gasteiger partial charge on any atom is 0.307 e. The van der Waals surface area contributed by atoms with E-state index in [1.165, 1.54) is 38.1 Å². The first-order chi connectivity index (χ1) is 13.2. The van der Waals surface area contributed by atoms with Gasteiger partial charge >= 0.3 is 5.97 Å². The molecular weight excluding hydrogens is 382 g/mol. The Morgan fingerprint density at radius 1 is 1.00 bits per heavy atom. The van der Waals surface area contributed by atoms with Crippen molar-refractivity contribution in [2.75, 3.05) is 11.1 Å². The van der Waals surface area contributed by atoms with Gasteiger partial charge in [0.15, 0.2) is 15.9 Å². The third kappa shape index (κ3) is 6.02. The number of amides is 1. The van der Waals surface area contributed by atoms with Gasteiger partial charge in [-0.1, -0.05) is 18.2 Å². The third-order valence-electron chi connectivity index (χ3n) is 3.84. The number of ketones is 1. The molecule has 7 nitrogen and oxygen atoms in total. The van der Waals surface area contributed by atoms with Crippen molar-refractivity contribution < 1.29 is 27.5 Å². The molecule has 0 aliphatic heterocycles. The lowest BCUT2D eigenvalue weighted by Crippen LogP contribution is -2.25. The molecule has 2 aromatic rings. The minimum atomic E-state index is -3.60. The molecule has 1 amide bonds. The van der Waals surface area contributed by atoms with Crippen molar-refractivity contribution in [3.05, 3.63) is 60.2 Å². The molecule has 0 aromatic heterocycles. The van der Waals surface area contributed by atoms with Gasteiger partial charge in [0.05, 0.1) is 17.1 Å². The van der Waals surface area contributed by atoms with Crippen molar-refractivity contribution in [2.24, 2.45) is 0 Å². The summed E-state index contributed by atoms with van der Waals surface area (Å²) < 4.78 is 29.4. The van der Waals surface area contributed by atoms with E-state index in [0.29, 0.717) is 11.3 Å². The van der Waals surface area contributed by atoms with Crippen LogP contribution in [0.25, 0.3) is 0 Å². The predicted molar refractivity (Wildman–Crippen MR) is 104 cm³/mol. The number of Topliss-reactive ketones (excluding diaryl/α,β-unsaturated/α-hetero) is 1. The quantitative estimate of drug-likeness (QED) is 0.536. The maximum absolute atomic E-state index is 12.4. The average Bonchev–Trinajstić information content (AvgIpc) is 2.67. The number of hydrogen-bond donors (Lipinski definition) is 1. The van der Waals surface area contributed by atoms with E-state index in [9.17, 15) is 22.8 Å². The number of sulfone groups is 1. The van der Waals surface area contributed by atoms with Gasteiger partial charge in [-0.05, 0) is 43.3 Å². The minimum absolute atomic E-state index is 0.131. The molecule has 0 fully saturated rings. The van der Waals surface area contributed by atoms with Crippen molar-refractivity contribution in [1.82, 2.24) is 0 Å². The maximum atomic E-state index is 12.4. The van der Waals surface area contributed by atoms with Gasteiger partial charge in [-0.25, -0.2) is 8.42 Å². The molecule has 0 aliphatic rings. The highest BCUT2D eigenvalue weighted by Gasteiger charge is 2.22. The van der Waals surface area contributed by atoms with E-state index in [2.05, 4.69) is 5.32 Å². The summed E-state index contributed by atoms with van der Waals surface area (Å²) in [6, 6.07) is 14.0.